The largest absolute Gasteiger partial charge is 0.353 e. The van der Waals surface area contributed by atoms with E-state index in [1.165, 1.54) is 0 Å². The van der Waals surface area contributed by atoms with Crippen LogP contribution in [0, 0.1) is 18.3 Å². The van der Waals surface area contributed by atoms with Crippen molar-refractivity contribution < 1.29 is 0 Å². The molecule has 0 amide bonds. The van der Waals surface area contributed by atoms with E-state index in [1.807, 2.05) is 44.1 Å². The van der Waals surface area contributed by atoms with Gasteiger partial charge in [-0.15, -0.1) is 0 Å². The number of nitrogens with zero attached hydrogens (tertiary/aromatic N) is 7. The van der Waals surface area contributed by atoms with E-state index in [9.17, 15) is 0 Å². The van der Waals surface area contributed by atoms with E-state index in [4.69, 9.17) is 5.26 Å². The Hall–Kier alpha value is -2.88. The van der Waals surface area contributed by atoms with Crippen molar-refractivity contribution in [2.75, 3.05) is 55.0 Å². The van der Waals surface area contributed by atoms with Crippen LogP contribution < -0.4 is 14.7 Å². The van der Waals surface area contributed by atoms with Gasteiger partial charge in [-0.1, -0.05) is 0 Å². The Balaban J connectivity index is 1.69. The van der Waals surface area contributed by atoms with Gasteiger partial charge in [-0.3, -0.25) is 0 Å². The summed E-state index contributed by atoms with van der Waals surface area (Å²) in [6.07, 6.45) is 1.62. The highest BCUT2D eigenvalue weighted by molar-refractivity contribution is 5.49. The summed E-state index contributed by atoms with van der Waals surface area (Å²) in [4.78, 5) is 19.9. The first-order valence-corrected chi connectivity index (χ1v) is 7.96. The van der Waals surface area contributed by atoms with E-state index in [0.29, 0.717) is 5.56 Å². The van der Waals surface area contributed by atoms with Crippen molar-refractivity contribution in [1.82, 2.24) is 15.0 Å². The summed E-state index contributed by atoms with van der Waals surface area (Å²) in [6.45, 7) is 5.50. The molecule has 3 rings (SSSR count). The van der Waals surface area contributed by atoms with Crippen LogP contribution >= 0.6 is 0 Å². The number of piperazine rings is 1. The average molecular weight is 323 g/mol. The molecule has 0 atom stereocenters. The molecular weight excluding hydrogens is 302 g/mol. The van der Waals surface area contributed by atoms with Crippen molar-refractivity contribution in [2.24, 2.45) is 0 Å². The van der Waals surface area contributed by atoms with Crippen molar-refractivity contribution in [3.63, 3.8) is 0 Å². The van der Waals surface area contributed by atoms with Crippen molar-refractivity contribution >= 4 is 17.6 Å². The van der Waals surface area contributed by atoms with Gasteiger partial charge in [0.1, 0.15) is 17.7 Å². The molecule has 0 radical (unpaired) electrons. The zero-order chi connectivity index (χ0) is 17.1. The second-order valence-electron chi connectivity index (χ2n) is 6.05. The Kier molecular flexibility index (Phi) is 4.47. The van der Waals surface area contributed by atoms with Crippen molar-refractivity contribution in [3.8, 4) is 6.07 Å². The molecule has 0 spiro atoms. The SMILES string of the molecule is Cc1cc(N2CCN(c3ccc(C#N)cn3)CC2)nc(N(C)C)n1. The van der Waals surface area contributed by atoms with Crippen LogP contribution in [0.4, 0.5) is 17.6 Å². The Bertz CT molecular complexity index is 741. The number of aryl methyl sites for hydroxylation is 1. The first kappa shape index (κ1) is 16.0. The molecule has 0 bridgehead atoms. The zero-order valence-electron chi connectivity index (χ0n) is 14.3. The zero-order valence-corrected chi connectivity index (χ0v) is 14.3. The van der Waals surface area contributed by atoms with Crippen LogP contribution in [0.1, 0.15) is 11.3 Å². The third-order valence-corrected chi connectivity index (χ3v) is 4.03. The summed E-state index contributed by atoms with van der Waals surface area (Å²) in [5.41, 5.74) is 1.56. The molecule has 0 unspecified atom stereocenters. The minimum Gasteiger partial charge on any atom is -0.353 e. The second-order valence-corrected chi connectivity index (χ2v) is 6.05. The molecule has 2 aromatic heterocycles. The highest BCUT2D eigenvalue weighted by Gasteiger charge is 2.20. The lowest BCUT2D eigenvalue weighted by Gasteiger charge is -2.36. The number of hydrogen-bond donors (Lipinski definition) is 0. The van der Waals surface area contributed by atoms with Crippen LogP contribution in [0.25, 0.3) is 0 Å². The maximum absolute atomic E-state index is 8.86. The molecule has 1 aliphatic rings. The lowest BCUT2D eigenvalue weighted by Crippen LogP contribution is -2.47. The average Bonchev–Trinajstić information content (AvgIpc) is 2.61. The van der Waals surface area contributed by atoms with Gasteiger partial charge < -0.3 is 14.7 Å². The van der Waals surface area contributed by atoms with Gasteiger partial charge in [0.25, 0.3) is 0 Å². The number of anilines is 3. The van der Waals surface area contributed by atoms with E-state index in [-0.39, 0.29) is 0 Å². The van der Waals surface area contributed by atoms with Crippen molar-refractivity contribution in [2.45, 2.75) is 6.92 Å². The fourth-order valence-electron chi connectivity index (χ4n) is 2.70. The summed E-state index contributed by atoms with van der Waals surface area (Å²) < 4.78 is 0. The molecule has 0 N–H and O–H groups in total. The van der Waals surface area contributed by atoms with Gasteiger partial charge >= 0.3 is 0 Å². The highest BCUT2D eigenvalue weighted by Crippen LogP contribution is 2.20. The topological polar surface area (TPSA) is 72.2 Å². The van der Waals surface area contributed by atoms with Crippen LogP contribution in [0.5, 0.6) is 0 Å². The molecule has 7 nitrogen and oxygen atoms in total. The number of aromatic nitrogens is 3. The van der Waals surface area contributed by atoms with Gasteiger partial charge in [0.2, 0.25) is 5.95 Å². The van der Waals surface area contributed by atoms with Crippen LogP contribution in [0.15, 0.2) is 24.4 Å². The summed E-state index contributed by atoms with van der Waals surface area (Å²) in [5.74, 6) is 2.63. The van der Waals surface area contributed by atoms with E-state index < -0.39 is 0 Å². The minimum atomic E-state index is 0.588. The summed E-state index contributed by atoms with van der Waals surface area (Å²) in [6, 6.07) is 7.85. The van der Waals surface area contributed by atoms with Gasteiger partial charge in [-0.05, 0) is 19.1 Å². The standard InChI is InChI=1S/C17H21N7/c1-13-10-16(21-17(20-13)22(2)3)24-8-6-23(7-9-24)15-5-4-14(11-18)12-19-15/h4-5,10,12H,6-9H2,1-3H3. The normalized spacial score (nSPS) is 14.4. The lowest BCUT2D eigenvalue weighted by molar-refractivity contribution is 0.640. The molecule has 3 heterocycles. The molecule has 2 aromatic rings. The molecule has 124 valence electrons. The molecule has 7 heteroatoms. The van der Waals surface area contributed by atoms with Crippen molar-refractivity contribution in [1.29, 1.82) is 5.26 Å². The molecule has 1 aliphatic heterocycles. The maximum atomic E-state index is 8.86. The minimum absolute atomic E-state index is 0.588. The van der Waals surface area contributed by atoms with Gasteiger partial charge in [-0.25, -0.2) is 9.97 Å². The molecule has 0 saturated carbocycles. The summed E-state index contributed by atoms with van der Waals surface area (Å²) in [7, 11) is 3.90. The van der Waals surface area contributed by atoms with Gasteiger partial charge in [0, 0.05) is 58.2 Å². The quantitative estimate of drug-likeness (QED) is 0.846. The predicted octanol–water partition coefficient (Wildman–Crippen LogP) is 1.44. The summed E-state index contributed by atoms with van der Waals surface area (Å²) >= 11 is 0. The Labute approximate surface area is 142 Å². The van der Waals surface area contributed by atoms with Crippen LogP contribution in [0.2, 0.25) is 0 Å². The number of rotatable bonds is 3. The second kappa shape index (κ2) is 6.71. The number of pyridine rings is 1. The third-order valence-electron chi connectivity index (χ3n) is 4.03. The molecule has 0 aliphatic carbocycles. The number of nitriles is 1. The van der Waals surface area contributed by atoms with Crippen LogP contribution in [-0.4, -0.2) is 55.2 Å². The van der Waals surface area contributed by atoms with Crippen LogP contribution in [0.3, 0.4) is 0 Å². The first-order chi connectivity index (χ1) is 11.6. The van der Waals surface area contributed by atoms with Crippen LogP contribution in [-0.2, 0) is 0 Å². The van der Waals surface area contributed by atoms with Crippen molar-refractivity contribution in [3.05, 3.63) is 35.7 Å². The fourth-order valence-corrected chi connectivity index (χ4v) is 2.70. The number of hydrogen-bond acceptors (Lipinski definition) is 7. The van der Waals surface area contributed by atoms with Gasteiger partial charge in [-0.2, -0.15) is 10.2 Å². The first-order valence-electron chi connectivity index (χ1n) is 7.96. The lowest BCUT2D eigenvalue weighted by atomic mass is 10.2. The van der Waals surface area contributed by atoms with Gasteiger partial charge in [0.05, 0.1) is 5.56 Å². The van der Waals surface area contributed by atoms with E-state index >= 15 is 0 Å². The van der Waals surface area contributed by atoms with Gasteiger partial charge in [0.15, 0.2) is 0 Å². The summed E-state index contributed by atoms with van der Waals surface area (Å²) in [5, 5.41) is 8.86. The third kappa shape index (κ3) is 3.38. The Morgan fingerprint density at radius 3 is 2.25 bits per heavy atom. The van der Waals surface area contributed by atoms with E-state index in [1.54, 1.807) is 6.20 Å². The monoisotopic (exact) mass is 323 g/mol. The molecule has 1 saturated heterocycles. The maximum Gasteiger partial charge on any atom is 0.226 e. The smallest absolute Gasteiger partial charge is 0.226 e. The van der Waals surface area contributed by atoms with E-state index in [0.717, 1.165) is 49.5 Å². The molecular formula is C17H21N7. The highest BCUT2D eigenvalue weighted by atomic mass is 15.3. The molecule has 0 aromatic carbocycles. The molecule has 24 heavy (non-hydrogen) atoms. The Morgan fingerprint density at radius 1 is 1.04 bits per heavy atom. The Morgan fingerprint density at radius 2 is 1.71 bits per heavy atom. The predicted molar refractivity (Wildman–Crippen MR) is 94.5 cm³/mol. The molecule has 1 fully saturated rings. The van der Waals surface area contributed by atoms with E-state index in [2.05, 4.69) is 30.8 Å². The fraction of sp³-hybridized carbons (Fsp3) is 0.412.